The number of rotatable bonds is 4. The summed E-state index contributed by atoms with van der Waals surface area (Å²) in [5.41, 5.74) is 5.59. The van der Waals surface area contributed by atoms with Crippen LogP contribution in [-0.4, -0.2) is 32.1 Å². The van der Waals surface area contributed by atoms with Crippen molar-refractivity contribution in [2.75, 3.05) is 0 Å². The van der Waals surface area contributed by atoms with Crippen LogP contribution in [0.5, 0.6) is 0 Å². The number of imidazole rings is 1. The molecule has 2 aromatic heterocycles. The Labute approximate surface area is 195 Å². The molecule has 1 saturated carbocycles. The second kappa shape index (κ2) is 8.33. The average molecular weight is 452 g/mol. The fourth-order valence-corrected chi connectivity index (χ4v) is 5.21. The molecule has 1 aliphatic carbocycles. The number of H-pyrrole nitrogens is 3. The van der Waals surface area contributed by atoms with E-state index in [4.69, 9.17) is 0 Å². The lowest BCUT2D eigenvalue weighted by Crippen LogP contribution is -2.41. The van der Waals surface area contributed by atoms with Gasteiger partial charge in [-0.05, 0) is 48.7 Å². The van der Waals surface area contributed by atoms with Crippen molar-refractivity contribution < 1.29 is 4.79 Å². The maximum absolute atomic E-state index is 13.3. The summed E-state index contributed by atoms with van der Waals surface area (Å²) >= 11 is 0. The largest absolute Gasteiger partial charge is 0.349 e. The molecule has 4 N–H and O–H groups in total. The molecular weight excluding hydrogens is 426 g/mol. The topological polar surface area (TPSA) is 106 Å². The Hall–Kier alpha value is -4.13. The Balaban J connectivity index is 1.30. The summed E-state index contributed by atoms with van der Waals surface area (Å²) in [6.07, 6.45) is 4.39. The van der Waals surface area contributed by atoms with E-state index in [0.717, 1.165) is 52.5 Å². The third-order valence-electron chi connectivity index (χ3n) is 6.92. The Morgan fingerprint density at radius 3 is 2.56 bits per heavy atom. The van der Waals surface area contributed by atoms with Gasteiger partial charge in [0.05, 0.1) is 22.2 Å². The monoisotopic (exact) mass is 451 g/mol. The van der Waals surface area contributed by atoms with E-state index in [2.05, 4.69) is 49.7 Å². The summed E-state index contributed by atoms with van der Waals surface area (Å²) in [6, 6.07) is 21.9. The van der Waals surface area contributed by atoms with E-state index >= 15 is 0 Å². The van der Waals surface area contributed by atoms with Gasteiger partial charge in [0.1, 0.15) is 0 Å². The molecule has 1 amide bonds. The van der Waals surface area contributed by atoms with Gasteiger partial charge in [0, 0.05) is 28.5 Å². The zero-order valence-electron chi connectivity index (χ0n) is 18.6. The van der Waals surface area contributed by atoms with Gasteiger partial charge < -0.3 is 15.3 Å². The van der Waals surface area contributed by atoms with E-state index < -0.39 is 0 Å². The summed E-state index contributed by atoms with van der Waals surface area (Å²) in [5, 5.41) is 11.7. The van der Waals surface area contributed by atoms with Crippen molar-refractivity contribution >= 4 is 27.8 Å². The van der Waals surface area contributed by atoms with Gasteiger partial charge >= 0.3 is 5.69 Å². The van der Waals surface area contributed by atoms with Crippen molar-refractivity contribution in [1.82, 2.24) is 25.5 Å². The van der Waals surface area contributed by atoms with Crippen LogP contribution in [0.25, 0.3) is 33.2 Å². The second-order valence-electron chi connectivity index (χ2n) is 9.05. The number of benzene rings is 3. The fraction of sp³-hybridized carbons (Fsp3) is 0.222. The van der Waals surface area contributed by atoms with Gasteiger partial charge in [0.2, 0.25) is 0 Å². The first-order valence-corrected chi connectivity index (χ1v) is 11.7. The normalized spacial score (nSPS) is 18.4. The van der Waals surface area contributed by atoms with Crippen molar-refractivity contribution in [2.24, 2.45) is 0 Å². The van der Waals surface area contributed by atoms with Crippen LogP contribution < -0.4 is 11.0 Å². The highest BCUT2D eigenvalue weighted by Gasteiger charge is 2.28. The zero-order chi connectivity index (χ0) is 23.1. The first-order valence-electron chi connectivity index (χ1n) is 11.7. The van der Waals surface area contributed by atoms with Gasteiger partial charge in [-0.25, -0.2) is 4.79 Å². The van der Waals surface area contributed by atoms with E-state index in [-0.39, 0.29) is 17.6 Å². The predicted octanol–water partition coefficient (Wildman–Crippen LogP) is 4.86. The molecule has 2 atom stereocenters. The van der Waals surface area contributed by atoms with Crippen LogP contribution in [-0.2, 0) is 0 Å². The van der Waals surface area contributed by atoms with E-state index in [9.17, 15) is 9.59 Å². The standard InChI is InChI=1S/C27H25N5O2/c33-26(28-21-9-5-4-8-19(21)16-6-2-1-3-7-16)18-11-12-22-20(14-18)25(32-31-22)17-10-13-23-24(15-17)30-27(34)29-23/h1-3,6-7,10-15,19,21H,4-5,8-9H2,(H,28,33)(H,31,32)(H2,29,30,34)/t19-,21+/m0/s1. The number of amides is 1. The van der Waals surface area contributed by atoms with Crippen LogP contribution in [0.4, 0.5) is 0 Å². The van der Waals surface area contributed by atoms with Gasteiger partial charge in [0.25, 0.3) is 5.91 Å². The molecule has 0 radical (unpaired) electrons. The molecule has 2 heterocycles. The van der Waals surface area contributed by atoms with Crippen LogP contribution in [0.2, 0.25) is 0 Å². The smallest absolute Gasteiger partial charge is 0.323 e. The van der Waals surface area contributed by atoms with E-state index in [1.807, 2.05) is 42.5 Å². The van der Waals surface area contributed by atoms with Crippen molar-refractivity contribution in [1.29, 1.82) is 0 Å². The highest BCUT2D eigenvalue weighted by Crippen LogP contribution is 2.33. The summed E-state index contributed by atoms with van der Waals surface area (Å²) in [5.74, 6) is 0.273. The lowest BCUT2D eigenvalue weighted by Gasteiger charge is -2.32. The highest BCUT2D eigenvalue weighted by atomic mass is 16.2. The summed E-state index contributed by atoms with van der Waals surface area (Å²) in [7, 11) is 0. The summed E-state index contributed by atoms with van der Waals surface area (Å²) < 4.78 is 0. The van der Waals surface area contributed by atoms with Crippen molar-refractivity contribution in [3.05, 3.63) is 88.3 Å². The molecule has 0 spiro atoms. The van der Waals surface area contributed by atoms with Gasteiger partial charge in [-0.2, -0.15) is 5.10 Å². The van der Waals surface area contributed by atoms with Gasteiger partial charge in [-0.15, -0.1) is 0 Å². The Bertz CT molecular complexity index is 1550. The molecule has 5 aromatic rings. The first kappa shape index (κ1) is 20.5. The molecule has 0 bridgehead atoms. The van der Waals surface area contributed by atoms with Crippen molar-refractivity contribution in [3.8, 4) is 11.3 Å². The Kier molecular flexibility index (Phi) is 5.02. The highest BCUT2D eigenvalue weighted by molar-refractivity contribution is 6.02. The molecule has 7 nitrogen and oxygen atoms in total. The molecule has 34 heavy (non-hydrogen) atoms. The molecule has 7 heteroatoms. The van der Waals surface area contributed by atoms with Crippen LogP contribution in [0.15, 0.2) is 71.5 Å². The summed E-state index contributed by atoms with van der Waals surface area (Å²) in [6.45, 7) is 0. The maximum atomic E-state index is 13.3. The molecule has 0 unspecified atom stereocenters. The quantitative estimate of drug-likeness (QED) is 0.314. The third kappa shape index (κ3) is 3.69. The number of nitrogens with zero attached hydrogens (tertiary/aromatic N) is 1. The molecule has 170 valence electrons. The number of nitrogens with one attached hydrogen (secondary N) is 4. The molecule has 0 aliphatic heterocycles. The van der Waals surface area contributed by atoms with Crippen molar-refractivity contribution in [2.45, 2.75) is 37.6 Å². The van der Waals surface area contributed by atoms with Gasteiger partial charge in [-0.1, -0.05) is 49.2 Å². The number of aromatic amines is 3. The molecule has 0 saturated heterocycles. The zero-order valence-corrected chi connectivity index (χ0v) is 18.6. The lowest BCUT2D eigenvalue weighted by molar-refractivity contribution is 0.0921. The molecule has 1 fully saturated rings. The number of hydrogen-bond acceptors (Lipinski definition) is 3. The molecule has 3 aromatic carbocycles. The van der Waals surface area contributed by atoms with E-state index in [1.165, 1.54) is 12.0 Å². The number of carbonyl (C=O) groups is 1. The number of aromatic nitrogens is 4. The number of carbonyl (C=O) groups excluding carboxylic acids is 1. The SMILES string of the molecule is O=C(N[C@@H]1CCCC[C@H]1c1ccccc1)c1ccc2[nH]nc(-c3ccc4[nH]c(=O)[nH]c4c3)c2c1. The second-order valence-corrected chi connectivity index (χ2v) is 9.05. The molecule has 6 rings (SSSR count). The molecule has 1 aliphatic rings. The van der Waals surface area contributed by atoms with Crippen LogP contribution in [0, 0.1) is 0 Å². The average Bonchev–Trinajstić information content (AvgIpc) is 3.46. The lowest BCUT2D eigenvalue weighted by atomic mass is 9.80. The van der Waals surface area contributed by atoms with Crippen LogP contribution in [0.3, 0.4) is 0 Å². The third-order valence-corrected chi connectivity index (χ3v) is 6.92. The summed E-state index contributed by atoms with van der Waals surface area (Å²) in [4.78, 5) is 30.5. The van der Waals surface area contributed by atoms with Crippen molar-refractivity contribution in [3.63, 3.8) is 0 Å². The first-order chi connectivity index (χ1) is 16.7. The minimum Gasteiger partial charge on any atom is -0.349 e. The Morgan fingerprint density at radius 1 is 0.882 bits per heavy atom. The van der Waals surface area contributed by atoms with Crippen LogP contribution >= 0.6 is 0 Å². The minimum absolute atomic E-state index is 0.0627. The Morgan fingerprint density at radius 2 is 1.68 bits per heavy atom. The van der Waals surface area contributed by atoms with Crippen LogP contribution in [0.1, 0.15) is 47.5 Å². The van der Waals surface area contributed by atoms with Gasteiger partial charge in [0.15, 0.2) is 0 Å². The molecular formula is C27H25N5O2. The number of hydrogen-bond donors (Lipinski definition) is 4. The van der Waals surface area contributed by atoms with E-state index in [0.29, 0.717) is 11.5 Å². The fourth-order valence-electron chi connectivity index (χ4n) is 5.21. The van der Waals surface area contributed by atoms with Gasteiger partial charge in [-0.3, -0.25) is 9.89 Å². The maximum Gasteiger partial charge on any atom is 0.323 e. The number of fused-ring (bicyclic) bond motifs is 2. The predicted molar refractivity (Wildman–Crippen MR) is 133 cm³/mol. The minimum atomic E-state index is -0.241. The van der Waals surface area contributed by atoms with E-state index in [1.54, 1.807) is 0 Å².